The highest BCUT2D eigenvalue weighted by atomic mass is 16.5. The Hall–Kier alpha value is -0.340. The van der Waals surface area contributed by atoms with Gasteiger partial charge in [0.15, 0.2) is 0 Å². The van der Waals surface area contributed by atoms with Crippen LogP contribution in [0.3, 0.4) is 0 Å². The summed E-state index contributed by atoms with van der Waals surface area (Å²) in [5, 5.41) is 8.84. The van der Waals surface area contributed by atoms with Crippen LogP contribution >= 0.6 is 0 Å². The van der Waals surface area contributed by atoms with Gasteiger partial charge in [0.2, 0.25) is 0 Å². The predicted molar refractivity (Wildman–Crippen MR) is 46.8 cm³/mol. The van der Waals surface area contributed by atoms with Crippen molar-refractivity contribution in [3.63, 3.8) is 0 Å². The lowest BCUT2D eigenvalue weighted by Gasteiger charge is -2.21. The minimum Gasteiger partial charge on any atom is -0.396 e. The van der Waals surface area contributed by atoms with Gasteiger partial charge in [-0.2, -0.15) is 0 Å². The molecule has 68 valence electrons. The summed E-state index contributed by atoms with van der Waals surface area (Å²) in [5.74, 6) is 1.16. The Labute approximate surface area is 73.2 Å². The minimum atomic E-state index is 0.297. The lowest BCUT2D eigenvalue weighted by Crippen LogP contribution is -2.21. The Kier molecular flexibility index (Phi) is 2.47. The van der Waals surface area contributed by atoms with Crippen molar-refractivity contribution in [1.29, 1.82) is 0 Å². The topological polar surface area (TPSA) is 29.5 Å². The summed E-state index contributed by atoms with van der Waals surface area (Å²) >= 11 is 0. The van der Waals surface area contributed by atoms with Gasteiger partial charge in [-0.05, 0) is 25.2 Å². The summed E-state index contributed by atoms with van der Waals surface area (Å²) in [6.45, 7) is 1.14. The molecule has 1 saturated heterocycles. The van der Waals surface area contributed by atoms with E-state index in [1.807, 2.05) is 0 Å². The number of ether oxygens (including phenoxy) is 1. The summed E-state index contributed by atoms with van der Waals surface area (Å²) in [6, 6.07) is 0. The van der Waals surface area contributed by atoms with Crippen molar-refractivity contribution in [2.75, 3.05) is 13.2 Å². The second-order valence-electron chi connectivity index (χ2n) is 3.73. The normalized spacial score (nSPS) is 39.9. The highest BCUT2D eigenvalue weighted by Crippen LogP contribution is 2.35. The molecule has 0 aromatic heterocycles. The van der Waals surface area contributed by atoms with E-state index in [4.69, 9.17) is 9.84 Å². The summed E-state index contributed by atoms with van der Waals surface area (Å²) < 4.78 is 5.66. The van der Waals surface area contributed by atoms with Crippen LogP contribution in [-0.2, 0) is 4.74 Å². The summed E-state index contributed by atoms with van der Waals surface area (Å²) in [6.07, 6.45) is 8.20. The van der Waals surface area contributed by atoms with Crippen molar-refractivity contribution >= 4 is 0 Å². The first-order valence-corrected chi connectivity index (χ1v) is 4.81. The van der Waals surface area contributed by atoms with Crippen LogP contribution in [0.5, 0.6) is 0 Å². The lowest BCUT2D eigenvalue weighted by molar-refractivity contribution is 0.0880. The first-order chi connectivity index (χ1) is 5.92. The molecule has 0 amide bonds. The molecule has 1 fully saturated rings. The average molecular weight is 168 g/mol. The molecule has 2 heteroatoms. The molecule has 0 saturated carbocycles. The molecule has 2 aliphatic rings. The molecule has 12 heavy (non-hydrogen) atoms. The van der Waals surface area contributed by atoms with Crippen LogP contribution in [0.1, 0.15) is 19.3 Å². The Morgan fingerprint density at radius 3 is 3.25 bits per heavy atom. The van der Waals surface area contributed by atoms with Gasteiger partial charge >= 0.3 is 0 Å². The number of fused-ring (bicyclic) bond motifs is 1. The Balaban J connectivity index is 2.00. The van der Waals surface area contributed by atoms with Crippen molar-refractivity contribution in [1.82, 2.24) is 0 Å². The van der Waals surface area contributed by atoms with Gasteiger partial charge in [-0.1, -0.05) is 12.2 Å². The zero-order valence-corrected chi connectivity index (χ0v) is 7.28. The third kappa shape index (κ3) is 1.41. The van der Waals surface area contributed by atoms with E-state index in [0.29, 0.717) is 24.5 Å². The predicted octanol–water partition coefficient (Wildman–Crippen LogP) is 1.35. The highest BCUT2D eigenvalue weighted by Gasteiger charge is 2.35. The zero-order valence-electron chi connectivity index (χ0n) is 7.28. The van der Waals surface area contributed by atoms with Crippen LogP contribution in [0.15, 0.2) is 12.2 Å². The van der Waals surface area contributed by atoms with Crippen molar-refractivity contribution in [3.8, 4) is 0 Å². The van der Waals surface area contributed by atoms with Crippen molar-refractivity contribution < 1.29 is 9.84 Å². The van der Waals surface area contributed by atoms with E-state index < -0.39 is 0 Å². The van der Waals surface area contributed by atoms with Crippen molar-refractivity contribution in [2.45, 2.75) is 25.4 Å². The molecule has 2 rings (SSSR count). The van der Waals surface area contributed by atoms with Crippen LogP contribution in [0.4, 0.5) is 0 Å². The Bertz CT molecular complexity index is 177. The monoisotopic (exact) mass is 168 g/mol. The molecule has 2 nitrogen and oxygen atoms in total. The van der Waals surface area contributed by atoms with Gasteiger partial charge in [-0.15, -0.1) is 0 Å². The van der Waals surface area contributed by atoms with Crippen molar-refractivity contribution in [2.24, 2.45) is 11.8 Å². The molecular formula is C10H16O2. The van der Waals surface area contributed by atoms with Crippen LogP contribution in [0.2, 0.25) is 0 Å². The fraction of sp³-hybridized carbons (Fsp3) is 0.800. The summed E-state index contributed by atoms with van der Waals surface area (Å²) in [4.78, 5) is 0. The molecular weight excluding hydrogens is 152 g/mol. The van der Waals surface area contributed by atoms with E-state index in [9.17, 15) is 0 Å². The third-order valence-corrected chi connectivity index (χ3v) is 2.97. The van der Waals surface area contributed by atoms with E-state index in [-0.39, 0.29) is 0 Å². The second kappa shape index (κ2) is 3.58. The zero-order chi connectivity index (χ0) is 8.39. The molecule has 0 bridgehead atoms. The third-order valence-electron chi connectivity index (χ3n) is 2.97. The quantitative estimate of drug-likeness (QED) is 0.631. The molecule has 0 radical (unpaired) electrons. The SMILES string of the molecule is OCC[C@H]1CO[C@H]2CCC=C[C@@H]12. The molecule has 1 aliphatic heterocycles. The largest absolute Gasteiger partial charge is 0.396 e. The van der Waals surface area contributed by atoms with E-state index in [1.165, 1.54) is 6.42 Å². The van der Waals surface area contributed by atoms with Crippen molar-refractivity contribution in [3.05, 3.63) is 12.2 Å². The number of allylic oxidation sites excluding steroid dienone is 1. The maximum absolute atomic E-state index is 8.84. The van der Waals surface area contributed by atoms with E-state index in [1.54, 1.807) is 0 Å². The standard InChI is InChI=1S/C10H16O2/c11-6-5-8-7-12-10-4-2-1-3-9(8)10/h1,3,8-11H,2,4-7H2/t8-,9-,10-/m0/s1. The number of aliphatic hydroxyl groups excluding tert-OH is 1. The van der Waals surface area contributed by atoms with E-state index in [2.05, 4.69) is 12.2 Å². The van der Waals surface area contributed by atoms with Gasteiger partial charge in [0.05, 0.1) is 12.7 Å². The smallest absolute Gasteiger partial charge is 0.0644 e. The van der Waals surface area contributed by atoms with Gasteiger partial charge in [0, 0.05) is 12.5 Å². The number of rotatable bonds is 2. The lowest BCUT2D eigenvalue weighted by atomic mass is 9.84. The van der Waals surface area contributed by atoms with Crippen LogP contribution in [0, 0.1) is 11.8 Å². The molecule has 0 aromatic rings. The summed E-state index contributed by atoms with van der Waals surface area (Å²) in [7, 11) is 0. The highest BCUT2D eigenvalue weighted by molar-refractivity contribution is 5.03. The van der Waals surface area contributed by atoms with E-state index in [0.717, 1.165) is 19.4 Å². The second-order valence-corrected chi connectivity index (χ2v) is 3.73. The van der Waals surface area contributed by atoms with Crippen LogP contribution in [-0.4, -0.2) is 24.4 Å². The van der Waals surface area contributed by atoms with Gasteiger partial charge < -0.3 is 9.84 Å². The van der Waals surface area contributed by atoms with Gasteiger partial charge in [-0.3, -0.25) is 0 Å². The van der Waals surface area contributed by atoms with Gasteiger partial charge in [0.1, 0.15) is 0 Å². The molecule has 1 aliphatic carbocycles. The Morgan fingerprint density at radius 1 is 1.50 bits per heavy atom. The molecule has 0 spiro atoms. The number of hydrogen-bond acceptors (Lipinski definition) is 2. The molecule has 1 heterocycles. The van der Waals surface area contributed by atoms with Crippen LogP contribution < -0.4 is 0 Å². The number of aliphatic hydroxyl groups is 1. The Morgan fingerprint density at radius 2 is 2.42 bits per heavy atom. The van der Waals surface area contributed by atoms with E-state index >= 15 is 0 Å². The van der Waals surface area contributed by atoms with Gasteiger partial charge in [0.25, 0.3) is 0 Å². The fourth-order valence-corrected chi connectivity index (χ4v) is 2.29. The summed E-state index contributed by atoms with van der Waals surface area (Å²) in [5.41, 5.74) is 0. The number of hydrogen-bond donors (Lipinski definition) is 1. The first-order valence-electron chi connectivity index (χ1n) is 4.81. The fourth-order valence-electron chi connectivity index (χ4n) is 2.29. The first kappa shape index (κ1) is 8.27. The molecule has 1 N–H and O–H groups in total. The molecule has 0 aromatic carbocycles. The minimum absolute atomic E-state index is 0.297. The molecule has 0 unspecified atom stereocenters. The maximum Gasteiger partial charge on any atom is 0.0644 e. The average Bonchev–Trinajstić information content (AvgIpc) is 2.50. The maximum atomic E-state index is 8.84. The van der Waals surface area contributed by atoms with Crippen LogP contribution in [0.25, 0.3) is 0 Å². The molecule has 3 atom stereocenters. The van der Waals surface area contributed by atoms with Gasteiger partial charge in [-0.25, -0.2) is 0 Å².